The monoisotopic (exact) mass is 295 g/mol. The molecule has 0 N–H and O–H groups in total. The third-order valence-electron chi connectivity index (χ3n) is 3.37. The van der Waals surface area contributed by atoms with Crippen LogP contribution in [-0.4, -0.2) is 10.8 Å². The van der Waals surface area contributed by atoms with Gasteiger partial charge in [0.2, 0.25) is 5.89 Å². The Morgan fingerprint density at radius 3 is 2.59 bits per heavy atom. The Hall–Kier alpha value is -2.75. The van der Waals surface area contributed by atoms with E-state index in [1.807, 2.05) is 19.1 Å². The number of oxazole rings is 1. The lowest BCUT2D eigenvalue weighted by atomic mass is 10.1. The highest BCUT2D eigenvalue weighted by atomic mass is 19.1. The minimum absolute atomic E-state index is 0.0590. The number of aryl methyl sites for hydroxylation is 1. The van der Waals surface area contributed by atoms with Crippen molar-refractivity contribution in [3.63, 3.8) is 0 Å². The lowest BCUT2D eigenvalue weighted by Crippen LogP contribution is -2.02. The second kappa shape index (κ2) is 5.93. The molecule has 0 spiro atoms. The maximum Gasteiger partial charge on any atom is 0.229 e. The van der Waals surface area contributed by atoms with E-state index in [0.29, 0.717) is 11.3 Å². The molecule has 0 radical (unpaired) electrons. The average Bonchev–Trinajstić information content (AvgIpc) is 2.96. The van der Waals surface area contributed by atoms with Crippen LogP contribution in [0.2, 0.25) is 0 Å². The molecule has 0 saturated carbocycles. The van der Waals surface area contributed by atoms with Crippen molar-refractivity contribution >= 4 is 5.78 Å². The molecule has 3 rings (SSSR count). The molecule has 3 aromatic rings. The van der Waals surface area contributed by atoms with Gasteiger partial charge < -0.3 is 4.42 Å². The topological polar surface area (TPSA) is 43.1 Å². The Labute approximate surface area is 127 Å². The first kappa shape index (κ1) is 14.2. The van der Waals surface area contributed by atoms with Crippen LogP contribution in [0.4, 0.5) is 4.39 Å². The Bertz CT molecular complexity index is 806. The summed E-state index contributed by atoms with van der Waals surface area (Å²) in [5.41, 5.74) is 2.00. The molecule has 0 unspecified atom stereocenters. The molecule has 0 atom stereocenters. The molecule has 1 heterocycles. The number of rotatable bonds is 4. The van der Waals surface area contributed by atoms with Crippen LogP contribution in [0.15, 0.2) is 59.1 Å². The lowest BCUT2D eigenvalue weighted by molar-refractivity contribution is 0.0987. The van der Waals surface area contributed by atoms with Gasteiger partial charge in [-0.05, 0) is 19.1 Å². The number of halogens is 1. The smallest absolute Gasteiger partial charge is 0.229 e. The predicted octanol–water partition coefficient (Wildman–Crippen LogP) is 4.21. The Morgan fingerprint density at radius 1 is 1.14 bits per heavy atom. The summed E-state index contributed by atoms with van der Waals surface area (Å²) in [5.74, 6) is 0.144. The van der Waals surface area contributed by atoms with E-state index < -0.39 is 5.82 Å². The molecular formula is C18H14FNO2. The van der Waals surface area contributed by atoms with E-state index in [9.17, 15) is 9.18 Å². The van der Waals surface area contributed by atoms with Crippen molar-refractivity contribution in [1.82, 2.24) is 4.98 Å². The summed E-state index contributed by atoms with van der Waals surface area (Å²) in [4.78, 5) is 16.2. The summed E-state index contributed by atoms with van der Waals surface area (Å²) in [6, 6.07) is 13.6. The molecule has 2 aromatic carbocycles. The molecule has 1 aromatic heterocycles. The van der Waals surface area contributed by atoms with Crippen molar-refractivity contribution < 1.29 is 13.6 Å². The van der Waals surface area contributed by atoms with Crippen LogP contribution in [0.5, 0.6) is 0 Å². The van der Waals surface area contributed by atoms with Crippen LogP contribution in [-0.2, 0) is 6.42 Å². The van der Waals surface area contributed by atoms with E-state index in [2.05, 4.69) is 4.98 Å². The van der Waals surface area contributed by atoms with Gasteiger partial charge in [-0.1, -0.05) is 42.0 Å². The summed E-state index contributed by atoms with van der Waals surface area (Å²) < 4.78 is 19.2. The Balaban J connectivity index is 1.78. The summed E-state index contributed by atoms with van der Waals surface area (Å²) in [5, 5.41) is 0. The van der Waals surface area contributed by atoms with Gasteiger partial charge in [-0.3, -0.25) is 4.79 Å². The van der Waals surface area contributed by atoms with Crippen molar-refractivity contribution in [2.45, 2.75) is 13.3 Å². The normalized spacial score (nSPS) is 10.6. The van der Waals surface area contributed by atoms with E-state index in [-0.39, 0.29) is 23.7 Å². The number of ketones is 1. The first-order chi connectivity index (χ1) is 10.6. The molecule has 0 aliphatic heterocycles. The fourth-order valence-corrected chi connectivity index (χ4v) is 2.15. The van der Waals surface area contributed by atoms with Gasteiger partial charge in [0.05, 0.1) is 18.2 Å². The molecule has 0 amide bonds. The van der Waals surface area contributed by atoms with Crippen molar-refractivity contribution in [3.8, 4) is 11.5 Å². The zero-order valence-corrected chi connectivity index (χ0v) is 12.0. The number of aromatic nitrogens is 1. The van der Waals surface area contributed by atoms with Crippen molar-refractivity contribution in [3.05, 3.63) is 77.4 Å². The van der Waals surface area contributed by atoms with Crippen LogP contribution in [0.1, 0.15) is 21.7 Å². The Morgan fingerprint density at radius 2 is 1.86 bits per heavy atom. The zero-order chi connectivity index (χ0) is 15.5. The van der Waals surface area contributed by atoms with Crippen LogP contribution >= 0.6 is 0 Å². The van der Waals surface area contributed by atoms with E-state index in [0.717, 1.165) is 5.56 Å². The molecule has 0 aliphatic carbocycles. The third-order valence-corrected chi connectivity index (χ3v) is 3.37. The number of hydrogen-bond donors (Lipinski definition) is 0. The van der Waals surface area contributed by atoms with Crippen molar-refractivity contribution in [1.29, 1.82) is 0 Å². The summed E-state index contributed by atoms with van der Waals surface area (Å²) >= 11 is 0. The van der Waals surface area contributed by atoms with E-state index in [4.69, 9.17) is 4.42 Å². The van der Waals surface area contributed by atoms with Gasteiger partial charge in [-0.25, -0.2) is 9.37 Å². The SMILES string of the molecule is Cc1ccc(C(=O)Cc2cnc(-c3ccccc3F)o2)cc1. The molecule has 3 nitrogen and oxygen atoms in total. The molecule has 22 heavy (non-hydrogen) atoms. The average molecular weight is 295 g/mol. The fourth-order valence-electron chi connectivity index (χ4n) is 2.15. The Kier molecular flexibility index (Phi) is 3.83. The van der Waals surface area contributed by atoms with Crippen LogP contribution in [0.3, 0.4) is 0 Å². The second-order valence-corrected chi connectivity index (χ2v) is 5.08. The van der Waals surface area contributed by atoms with Gasteiger partial charge in [-0.15, -0.1) is 0 Å². The zero-order valence-electron chi connectivity index (χ0n) is 12.0. The van der Waals surface area contributed by atoms with E-state index in [1.165, 1.54) is 12.3 Å². The summed E-state index contributed by atoms with van der Waals surface area (Å²) in [7, 11) is 0. The van der Waals surface area contributed by atoms with Gasteiger partial charge in [0, 0.05) is 5.56 Å². The van der Waals surface area contributed by atoms with Crippen molar-refractivity contribution in [2.24, 2.45) is 0 Å². The first-order valence-electron chi connectivity index (χ1n) is 6.93. The van der Waals surface area contributed by atoms with Crippen molar-refractivity contribution in [2.75, 3.05) is 0 Å². The standard InChI is InChI=1S/C18H14FNO2/c1-12-6-8-13(9-7-12)17(21)10-14-11-20-18(22-14)15-4-2-3-5-16(15)19/h2-9,11H,10H2,1H3. The van der Waals surface area contributed by atoms with Gasteiger partial charge in [-0.2, -0.15) is 0 Å². The van der Waals surface area contributed by atoms with Gasteiger partial charge in [0.25, 0.3) is 0 Å². The summed E-state index contributed by atoms with van der Waals surface area (Å²) in [6.07, 6.45) is 1.57. The highest BCUT2D eigenvalue weighted by molar-refractivity contribution is 5.97. The highest BCUT2D eigenvalue weighted by Gasteiger charge is 2.14. The number of nitrogens with zero attached hydrogens (tertiary/aromatic N) is 1. The number of benzene rings is 2. The molecular weight excluding hydrogens is 281 g/mol. The molecule has 4 heteroatoms. The molecule has 0 aliphatic rings. The van der Waals surface area contributed by atoms with Crippen LogP contribution in [0.25, 0.3) is 11.5 Å². The summed E-state index contributed by atoms with van der Waals surface area (Å²) in [6.45, 7) is 1.96. The highest BCUT2D eigenvalue weighted by Crippen LogP contribution is 2.22. The molecule has 0 saturated heterocycles. The lowest BCUT2D eigenvalue weighted by Gasteiger charge is -2.00. The first-order valence-corrected chi connectivity index (χ1v) is 6.93. The largest absolute Gasteiger partial charge is 0.441 e. The minimum Gasteiger partial charge on any atom is -0.441 e. The number of carbonyl (C=O) groups is 1. The molecule has 0 bridgehead atoms. The molecule has 0 fully saturated rings. The number of hydrogen-bond acceptors (Lipinski definition) is 3. The van der Waals surface area contributed by atoms with E-state index in [1.54, 1.807) is 30.3 Å². The number of carbonyl (C=O) groups excluding carboxylic acids is 1. The minimum atomic E-state index is -0.402. The number of Topliss-reactive ketones (excluding diaryl/α,β-unsaturated/α-hetero) is 1. The molecule has 110 valence electrons. The maximum atomic E-state index is 13.7. The predicted molar refractivity (Wildman–Crippen MR) is 81.1 cm³/mol. The van der Waals surface area contributed by atoms with Crippen LogP contribution in [0, 0.1) is 12.7 Å². The van der Waals surface area contributed by atoms with Gasteiger partial charge >= 0.3 is 0 Å². The van der Waals surface area contributed by atoms with Gasteiger partial charge in [0.1, 0.15) is 11.6 Å². The maximum absolute atomic E-state index is 13.7. The quantitative estimate of drug-likeness (QED) is 0.677. The second-order valence-electron chi connectivity index (χ2n) is 5.08. The third kappa shape index (κ3) is 2.96. The van der Waals surface area contributed by atoms with E-state index >= 15 is 0 Å². The van der Waals surface area contributed by atoms with Crippen LogP contribution < -0.4 is 0 Å². The van der Waals surface area contributed by atoms with Gasteiger partial charge in [0.15, 0.2) is 5.78 Å². The fraction of sp³-hybridized carbons (Fsp3) is 0.111.